The number of aryl methyl sites for hydroxylation is 1. The van der Waals surface area contributed by atoms with Gasteiger partial charge in [-0.25, -0.2) is 9.97 Å². The van der Waals surface area contributed by atoms with Crippen LogP contribution in [0.2, 0.25) is 0 Å². The molecular formula is C24H28N4O2. The van der Waals surface area contributed by atoms with Gasteiger partial charge in [-0.1, -0.05) is 44.1 Å². The summed E-state index contributed by atoms with van der Waals surface area (Å²) in [5.41, 5.74) is 3.18. The number of hydrogen-bond donors (Lipinski definition) is 0. The number of piperidine rings is 1. The molecule has 0 saturated carbocycles. The third-order valence-electron chi connectivity index (χ3n) is 5.50. The van der Waals surface area contributed by atoms with Crippen molar-refractivity contribution < 1.29 is 9.32 Å². The van der Waals surface area contributed by atoms with Crippen LogP contribution in [0.3, 0.4) is 0 Å². The maximum Gasteiger partial charge on any atom is 0.253 e. The first-order valence-corrected chi connectivity index (χ1v) is 10.5. The predicted octanol–water partition coefficient (Wildman–Crippen LogP) is 4.76. The van der Waals surface area contributed by atoms with Crippen LogP contribution in [0.4, 0.5) is 0 Å². The molecule has 1 aromatic carbocycles. The first kappa shape index (κ1) is 20.3. The third-order valence-corrected chi connectivity index (χ3v) is 5.50. The minimum Gasteiger partial charge on any atom is -0.356 e. The minimum atomic E-state index is -0.168. The molecular weight excluding hydrogens is 376 g/mol. The summed E-state index contributed by atoms with van der Waals surface area (Å²) < 4.78 is 5.54. The second kappa shape index (κ2) is 8.01. The summed E-state index contributed by atoms with van der Waals surface area (Å²) in [6.07, 6.45) is 3.76. The molecule has 1 atom stereocenters. The minimum absolute atomic E-state index is 0.0717. The second-order valence-electron chi connectivity index (χ2n) is 9.03. The van der Waals surface area contributed by atoms with Gasteiger partial charge in [-0.05, 0) is 31.9 Å². The van der Waals surface area contributed by atoms with Gasteiger partial charge in [-0.2, -0.15) is 0 Å². The fraction of sp³-hybridized carbons (Fsp3) is 0.417. The van der Waals surface area contributed by atoms with Crippen LogP contribution in [0.15, 0.2) is 47.1 Å². The molecule has 2 aromatic heterocycles. The molecule has 1 unspecified atom stereocenters. The first-order chi connectivity index (χ1) is 14.3. The van der Waals surface area contributed by atoms with Crippen LogP contribution in [-0.4, -0.2) is 39.0 Å². The lowest BCUT2D eigenvalue weighted by Gasteiger charge is -2.33. The number of hydrogen-bond acceptors (Lipinski definition) is 5. The quantitative estimate of drug-likeness (QED) is 0.629. The van der Waals surface area contributed by atoms with Crippen LogP contribution in [0, 0.1) is 6.92 Å². The van der Waals surface area contributed by atoms with E-state index in [1.54, 1.807) is 0 Å². The van der Waals surface area contributed by atoms with E-state index in [-0.39, 0.29) is 17.2 Å². The highest BCUT2D eigenvalue weighted by Gasteiger charge is 2.30. The predicted molar refractivity (Wildman–Crippen MR) is 115 cm³/mol. The lowest BCUT2D eigenvalue weighted by atomic mass is 9.89. The van der Waals surface area contributed by atoms with Crippen molar-refractivity contribution in [3.05, 3.63) is 65.4 Å². The van der Waals surface area contributed by atoms with E-state index >= 15 is 0 Å². The van der Waals surface area contributed by atoms with Crippen LogP contribution in [0.1, 0.15) is 67.1 Å². The van der Waals surface area contributed by atoms with Crippen LogP contribution in [-0.2, 0) is 5.41 Å². The Morgan fingerprint density at radius 2 is 1.97 bits per heavy atom. The standard InChI is InChI=1S/C24H28N4O2/c1-16-13-20(30-27-16)19-14-25-23(24(2,3)4)26-21(19)18-11-8-12-28(15-18)22(29)17-9-6-5-7-10-17/h5-7,9-10,13-14,18H,8,11-12,15H2,1-4H3. The van der Waals surface area contributed by atoms with E-state index < -0.39 is 0 Å². The number of nitrogens with zero attached hydrogens (tertiary/aromatic N) is 4. The Balaban J connectivity index is 1.69. The molecule has 1 fully saturated rings. The highest BCUT2D eigenvalue weighted by molar-refractivity contribution is 5.94. The van der Waals surface area contributed by atoms with Crippen molar-refractivity contribution in [2.45, 2.75) is 51.9 Å². The van der Waals surface area contributed by atoms with Gasteiger partial charge in [0.05, 0.1) is 17.0 Å². The highest BCUT2D eigenvalue weighted by atomic mass is 16.5. The number of amides is 1. The Morgan fingerprint density at radius 1 is 1.20 bits per heavy atom. The summed E-state index contributed by atoms with van der Waals surface area (Å²) in [6.45, 7) is 9.62. The monoisotopic (exact) mass is 404 g/mol. The summed E-state index contributed by atoms with van der Waals surface area (Å²) in [5.74, 6) is 1.66. The van der Waals surface area contributed by atoms with Crippen molar-refractivity contribution in [2.24, 2.45) is 0 Å². The van der Waals surface area contributed by atoms with E-state index in [9.17, 15) is 4.79 Å². The van der Waals surface area contributed by atoms with Gasteiger partial charge in [0.15, 0.2) is 5.76 Å². The molecule has 0 spiro atoms. The number of carbonyl (C=O) groups excluding carboxylic acids is 1. The van der Waals surface area contributed by atoms with Gasteiger partial charge in [-0.3, -0.25) is 4.79 Å². The molecule has 0 N–H and O–H groups in total. The summed E-state index contributed by atoms with van der Waals surface area (Å²) in [6, 6.07) is 11.4. The van der Waals surface area contributed by atoms with Crippen LogP contribution in [0.25, 0.3) is 11.3 Å². The average Bonchev–Trinajstić information content (AvgIpc) is 3.19. The van der Waals surface area contributed by atoms with Gasteiger partial charge in [0.25, 0.3) is 5.91 Å². The molecule has 1 saturated heterocycles. The normalized spacial score (nSPS) is 17.2. The Labute approximate surface area is 177 Å². The summed E-state index contributed by atoms with van der Waals surface area (Å²) >= 11 is 0. The SMILES string of the molecule is Cc1cc(-c2cnc(C(C)(C)C)nc2C2CCCN(C(=O)c3ccccc3)C2)on1. The number of aromatic nitrogens is 3. The Bertz CT molecular complexity index is 1040. The zero-order valence-corrected chi connectivity index (χ0v) is 18.1. The van der Waals surface area contributed by atoms with Crippen molar-refractivity contribution in [1.29, 1.82) is 0 Å². The van der Waals surface area contributed by atoms with E-state index in [0.717, 1.165) is 47.7 Å². The molecule has 1 aliphatic rings. The van der Waals surface area contributed by atoms with Gasteiger partial charge in [-0.15, -0.1) is 0 Å². The van der Waals surface area contributed by atoms with Crippen molar-refractivity contribution in [2.75, 3.05) is 13.1 Å². The Hall–Kier alpha value is -3.02. The Kier molecular flexibility index (Phi) is 5.41. The highest BCUT2D eigenvalue weighted by Crippen LogP contribution is 2.35. The van der Waals surface area contributed by atoms with Crippen molar-refractivity contribution in [3.8, 4) is 11.3 Å². The van der Waals surface area contributed by atoms with Gasteiger partial charge in [0.2, 0.25) is 0 Å². The molecule has 6 heteroatoms. The lowest BCUT2D eigenvalue weighted by molar-refractivity contribution is 0.0706. The summed E-state index contributed by atoms with van der Waals surface area (Å²) in [4.78, 5) is 24.6. The third kappa shape index (κ3) is 4.13. The molecule has 6 nitrogen and oxygen atoms in total. The van der Waals surface area contributed by atoms with E-state index in [1.807, 2.05) is 54.4 Å². The summed E-state index contributed by atoms with van der Waals surface area (Å²) in [5, 5.41) is 4.04. The molecule has 3 aromatic rings. The Morgan fingerprint density at radius 3 is 2.63 bits per heavy atom. The van der Waals surface area contributed by atoms with Crippen molar-refractivity contribution >= 4 is 5.91 Å². The van der Waals surface area contributed by atoms with E-state index in [2.05, 4.69) is 30.9 Å². The molecule has 1 amide bonds. The molecule has 0 bridgehead atoms. The van der Waals surface area contributed by atoms with Gasteiger partial charge in [0, 0.05) is 42.2 Å². The van der Waals surface area contributed by atoms with Crippen molar-refractivity contribution in [3.63, 3.8) is 0 Å². The van der Waals surface area contributed by atoms with Crippen LogP contribution < -0.4 is 0 Å². The van der Waals surface area contributed by atoms with Gasteiger partial charge < -0.3 is 9.42 Å². The zero-order chi connectivity index (χ0) is 21.3. The van der Waals surface area contributed by atoms with Crippen molar-refractivity contribution in [1.82, 2.24) is 20.0 Å². The number of likely N-dealkylation sites (tertiary alicyclic amines) is 1. The maximum atomic E-state index is 13.0. The lowest BCUT2D eigenvalue weighted by Crippen LogP contribution is -2.39. The van der Waals surface area contributed by atoms with E-state index in [1.165, 1.54) is 0 Å². The molecule has 4 rings (SSSR count). The molecule has 0 aliphatic carbocycles. The largest absolute Gasteiger partial charge is 0.356 e. The van der Waals surface area contributed by atoms with Gasteiger partial charge >= 0.3 is 0 Å². The fourth-order valence-electron chi connectivity index (χ4n) is 3.90. The molecule has 1 aliphatic heterocycles. The molecule has 30 heavy (non-hydrogen) atoms. The molecule has 0 radical (unpaired) electrons. The number of carbonyl (C=O) groups is 1. The molecule has 3 heterocycles. The van der Waals surface area contributed by atoms with Gasteiger partial charge in [0.1, 0.15) is 5.82 Å². The van der Waals surface area contributed by atoms with E-state index in [0.29, 0.717) is 12.3 Å². The average molecular weight is 405 g/mol. The first-order valence-electron chi connectivity index (χ1n) is 10.5. The van der Waals surface area contributed by atoms with E-state index in [4.69, 9.17) is 9.51 Å². The van der Waals surface area contributed by atoms with Crippen LogP contribution in [0.5, 0.6) is 0 Å². The smallest absolute Gasteiger partial charge is 0.253 e. The number of benzene rings is 1. The maximum absolute atomic E-state index is 13.0. The summed E-state index contributed by atoms with van der Waals surface area (Å²) in [7, 11) is 0. The number of rotatable bonds is 3. The topological polar surface area (TPSA) is 72.1 Å². The zero-order valence-electron chi connectivity index (χ0n) is 18.1. The van der Waals surface area contributed by atoms with Crippen LogP contribution >= 0.6 is 0 Å². The second-order valence-corrected chi connectivity index (χ2v) is 9.03. The fourth-order valence-corrected chi connectivity index (χ4v) is 3.90. The molecule has 156 valence electrons.